The van der Waals surface area contributed by atoms with Crippen molar-refractivity contribution in [2.24, 2.45) is 0 Å². The highest BCUT2D eigenvalue weighted by Crippen LogP contribution is 2.51. The van der Waals surface area contributed by atoms with Crippen LogP contribution in [0.25, 0.3) is 0 Å². The number of rotatable bonds is 39. The Balaban J connectivity index is 1.90. The van der Waals surface area contributed by atoms with Gasteiger partial charge < -0.3 is 0 Å². The molecule has 0 aromatic heterocycles. The molecule has 3 unspecified atom stereocenters. The van der Waals surface area contributed by atoms with Crippen LogP contribution >= 0.6 is 50.5 Å². The Kier molecular flexibility index (Phi) is 33.3. The van der Waals surface area contributed by atoms with E-state index in [0.717, 1.165) is 23.7 Å². The van der Waals surface area contributed by atoms with Gasteiger partial charge in [0, 0.05) is 10.7 Å². The van der Waals surface area contributed by atoms with E-state index in [1.807, 2.05) is 0 Å². The molecule has 0 aliphatic heterocycles. The first kappa shape index (κ1) is 50.0. The molecule has 0 amide bonds. The van der Waals surface area contributed by atoms with Gasteiger partial charge in [-0.15, -0.1) is 0 Å². The second-order valence-electron chi connectivity index (χ2n) is 16.6. The number of benzene rings is 2. The normalized spacial score (nSPS) is 13.9. The van der Waals surface area contributed by atoms with Crippen LogP contribution in [0.2, 0.25) is 0 Å². The Morgan fingerprint density at radius 2 is 0.685 bits per heavy atom. The van der Waals surface area contributed by atoms with Gasteiger partial charge in [0.15, 0.2) is 0 Å². The van der Waals surface area contributed by atoms with Gasteiger partial charge in [-0.2, -0.15) is 50.5 Å². The molecule has 2 rings (SSSR count). The summed E-state index contributed by atoms with van der Waals surface area (Å²) in [6.07, 6.45) is 43.6. The first-order chi connectivity index (χ1) is 26.7. The van der Waals surface area contributed by atoms with Crippen LogP contribution < -0.4 is 0 Å². The lowest BCUT2D eigenvalue weighted by Gasteiger charge is -2.47. The van der Waals surface area contributed by atoms with E-state index >= 15 is 0 Å². The molecule has 54 heavy (non-hydrogen) atoms. The van der Waals surface area contributed by atoms with Crippen molar-refractivity contribution in [2.45, 2.75) is 222 Å². The highest BCUT2D eigenvalue weighted by Gasteiger charge is 2.45. The summed E-state index contributed by atoms with van der Waals surface area (Å²) >= 11 is 19.1. The predicted molar refractivity (Wildman–Crippen MR) is 259 cm³/mol. The zero-order valence-electron chi connectivity index (χ0n) is 35.0. The highest BCUT2D eigenvalue weighted by molar-refractivity contribution is 7.81. The Morgan fingerprint density at radius 1 is 0.352 bits per heavy atom. The van der Waals surface area contributed by atoms with Gasteiger partial charge in [-0.25, -0.2) is 0 Å². The van der Waals surface area contributed by atoms with E-state index in [1.165, 1.54) is 210 Å². The number of unbranched alkanes of at least 4 members (excludes halogenated alkanes) is 26. The third-order valence-electron chi connectivity index (χ3n) is 12.3. The molecule has 0 aliphatic rings. The molecule has 4 heteroatoms. The Labute approximate surface area is 359 Å². The molecule has 0 saturated heterocycles. The minimum Gasteiger partial charge on any atom is -0.179 e. The standard InChI is InChI=1S/C50H86S4/c51-43-33-23-19-15-11-7-3-1-5-9-13-17-21-31-41-49(54)50(47-38-29-26-30-39-47,48(40-35-45-53)46-36-27-25-28-37-46)42-32-22-18-14-10-6-2-4-8-12-16-20-24-34-44-52/h25-30,36-39,48-49,51-54H,1-24,31-35,40-45H2. The van der Waals surface area contributed by atoms with Gasteiger partial charge in [-0.1, -0.05) is 228 Å². The van der Waals surface area contributed by atoms with E-state index < -0.39 is 0 Å². The molecule has 2 aromatic carbocycles. The second-order valence-corrected chi connectivity index (χ2v) is 18.6. The summed E-state index contributed by atoms with van der Waals surface area (Å²) < 4.78 is 0. The van der Waals surface area contributed by atoms with E-state index in [1.54, 1.807) is 0 Å². The molecule has 0 bridgehead atoms. The average molecular weight is 816 g/mol. The van der Waals surface area contributed by atoms with Crippen LogP contribution in [0, 0.1) is 0 Å². The summed E-state index contributed by atoms with van der Waals surface area (Å²) in [7, 11) is 0. The van der Waals surface area contributed by atoms with E-state index in [2.05, 4.69) is 85.9 Å². The van der Waals surface area contributed by atoms with Crippen molar-refractivity contribution in [3.8, 4) is 0 Å². The van der Waals surface area contributed by atoms with Crippen LogP contribution in [0.3, 0.4) is 0 Å². The van der Waals surface area contributed by atoms with E-state index in [0.29, 0.717) is 11.2 Å². The maximum absolute atomic E-state index is 5.66. The minimum atomic E-state index is 0.0218. The zero-order chi connectivity index (χ0) is 38.6. The maximum atomic E-state index is 5.66. The van der Waals surface area contributed by atoms with Gasteiger partial charge in [0.1, 0.15) is 0 Å². The van der Waals surface area contributed by atoms with Gasteiger partial charge in [0.2, 0.25) is 0 Å². The lowest BCUT2D eigenvalue weighted by atomic mass is 9.60. The predicted octanol–water partition coefficient (Wildman–Crippen LogP) is 17.3. The average Bonchev–Trinajstić information content (AvgIpc) is 3.20. The third-order valence-corrected chi connectivity index (χ3v) is 13.9. The van der Waals surface area contributed by atoms with Crippen molar-refractivity contribution in [3.63, 3.8) is 0 Å². The van der Waals surface area contributed by atoms with Crippen molar-refractivity contribution >= 4 is 50.5 Å². The maximum Gasteiger partial charge on any atom is 0.0138 e. The first-order valence-electron chi connectivity index (χ1n) is 23.3. The van der Waals surface area contributed by atoms with Crippen molar-refractivity contribution in [3.05, 3.63) is 71.8 Å². The van der Waals surface area contributed by atoms with Crippen LogP contribution in [0.1, 0.15) is 223 Å². The zero-order valence-corrected chi connectivity index (χ0v) is 38.5. The minimum absolute atomic E-state index is 0.0218. The molecule has 0 spiro atoms. The summed E-state index contributed by atoms with van der Waals surface area (Å²) in [6, 6.07) is 23.1. The Hall–Kier alpha value is -0.160. The Morgan fingerprint density at radius 3 is 1.07 bits per heavy atom. The fourth-order valence-electron chi connectivity index (χ4n) is 9.04. The molecule has 2 aromatic rings. The van der Waals surface area contributed by atoms with E-state index in [4.69, 9.17) is 25.3 Å². The van der Waals surface area contributed by atoms with E-state index in [9.17, 15) is 0 Å². The molecular weight excluding hydrogens is 729 g/mol. The Bertz CT molecular complexity index is 1050. The molecule has 0 N–H and O–H groups in total. The van der Waals surface area contributed by atoms with E-state index in [-0.39, 0.29) is 5.41 Å². The smallest absolute Gasteiger partial charge is 0.0138 e. The SMILES string of the molecule is SCCCCCCCCCCCCCCCCC(S)C(CCCCCCCCCCCCCCCCS)(c1ccccc1)C(CCCS)c1ccccc1. The van der Waals surface area contributed by atoms with Crippen LogP contribution in [-0.2, 0) is 5.41 Å². The van der Waals surface area contributed by atoms with Gasteiger partial charge in [-0.05, 0) is 72.8 Å². The van der Waals surface area contributed by atoms with Crippen LogP contribution in [0.4, 0.5) is 0 Å². The van der Waals surface area contributed by atoms with Crippen LogP contribution in [-0.4, -0.2) is 22.5 Å². The summed E-state index contributed by atoms with van der Waals surface area (Å²) in [5, 5.41) is 0.339. The van der Waals surface area contributed by atoms with Gasteiger partial charge in [0.05, 0.1) is 0 Å². The lowest BCUT2D eigenvalue weighted by molar-refractivity contribution is 0.271. The summed E-state index contributed by atoms with van der Waals surface area (Å²) in [6.45, 7) is 0. The fraction of sp³-hybridized carbons (Fsp3) is 0.760. The molecule has 0 nitrogen and oxygen atoms in total. The lowest BCUT2D eigenvalue weighted by Crippen LogP contribution is -2.43. The third kappa shape index (κ3) is 22.7. The van der Waals surface area contributed by atoms with Crippen molar-refractivity contribution in [1.29, 1.82) is 0 Å². The molecule has 0 radical (unpaired) electrons. The topological polar surface area (TPSA) is 0 Å². The monoisotopic (exact) mass is 815 g/mol. The van der Waals surface area contributed by atoms with Crippen LogP contribution in [0.15, 0.2) is 60.7 Å². The molecule has 0 heterocycles. The largest absolute Gasteiger partial charge is 0.179 e. The molecule has 0 aliphatic carbocycles. The molecule has 310 valence electrons. The second kappa shape index (κ2) is 36.0. The fourth-order valence-corrected chi connectivity index (χ4v) is 10.3. The molecular formula is C50H86S4. The molecule has 0 saturated carbocycles. The van der Waals surface area contributed by atoms with Gasteiger partial charge in [-0.3, -0.25) is 0 Å². The summed E-state index contributed by atoms with van der Waals surface area (Å²) in [4.78, 5) is 0. The first-order valence-corrected chi connectivity index (χ1v) is 25.7. The van der Waals surface area contributed by atoms with Crippen molar-refractivity contribution < 1.29 is 0 Å². The molecule has 0 fully saturated rings. The van der Waals surface area contributed by atoms with Crippen molar-refractivity contribution in [1.82, 2.24) is 0 Å². The number of hydrogen-bond donors (Lipinski definition) is 4. The summed E-state index contributed by atoms with van der Waals surface area (Å²) in [5.74, 6) is 3.49. The highest BCUT2D eigenvalue weighted by atomic mass is 32.1. The molecule has 3 atom stereocenters. The van der Waals surface area contributed by atoms with Crippen molar-refractivity contribution in [2.75, 3.05) is 17.3 Å². The number of hydrogen-bond acceptors (Lipinski definition) is 4. The van der Waals surface area contributed by atoms with Gasteiger partial charge in [0.25, 0.3) is 0 Å². The number of thiol groups is 4. The summed E-state index contributed by atoms with van der Waals surface area (Å²) in [5.41, 5.74) is 3.03. The quantitative estimate of drug-likeness (QED) is 0.0375. The van der Waals surface area contributed by atoms with Gasteiger partial charge >= 0.3 is 0 Å². The van der Waals surface area contributed by atoms with Crippen LogP contribution in [0.5, 0.6) is 0 Å².